The van der Waals surface area contributed by atoms with Crippen LogP contribution in [-0.4, -0.2) is 17.6 Å². The fourth-order valence-electron chi connectivity index (χ4n) is 1.68. The van der Waals surface area contributed by atoms with Gasteiger partial charge in [0.2, 0.25) is 0 Å². The zero-order valence-electron chi connectivity index (χ0n) is 9.87. The lowest BCUT2D eigenvalue weighted by Crippen LogP contribution is -2.09. The van der Waals surface area contributed by atoms with Gasteiger partial charge >= 0.3 is 5.97 Å². The van der Waals surface area contributed by atoms with Crippen molar-refractivity contribution in [2.24, 2.45) is 0 Å². The third-order valence-corrected chi connectivity index (χ3v) is 2.42. The van der Waals surface area contributed by atoms with Gasteiger partial charge in [-0.05, 0) is 24.1 Å². The van der Waals surface area contributed by atoms with Crippen LogP contribution in [0.2, 0.25) is 0 Å². The standard InChI is InChI=1S/C11H11NO2.C2H6/c1-7-9(11(13)14)5-4-8-3-2-6-12-10(7)8;1-2/h2-5,12H,6H2,1H3,(H,13,14);1-2H3. The number of fused-ring (bicyclic) bond motifs is 1. The van der Waals surface area contributed by atoms with E-state index in [4.69, 9.17) is 5.11 Å². The molecule has 0 spiro atoms. The van der Waals surface area contributed by atoms with Crippen molar-refractivity contribution in [2.75, 3.05) is 11.9 Å². The van der Waals surface area contributed by atoms with Gasteiger partial charge in [-0.25, -0.2) is 4.79 Å². The lowest BCUT2D eigenvalue weighted by atomic mass is 10.00. The van der Waals surface area contributed by atoms with Crippen molar-refractivity contribution >= 4 is 17.7 Å². The number of hydrogen-bond donors (Lipinski definition) is 2. The molecule has 1 aliphatic heterocycles. The first-order valence-electron chi connectivity index (χ1n) is 5.47. The molecule has 0 saturated carbocycles. The molecule has 1 aromatic rings. The Kier molecular flexibility index (Phi) is 4.11. The summed E-state index contributed by atoms with van der Waals surface area (Å²) in [5.74, 6) is -0.873. The van der Waals surface area contributed by atoms with Crippen molar-refractivity contribution in [3.63, 3.8) is 0 Å². The largest absolute Gasteiger partial charge is 0.478 e. The number of aromatic carboxylic acids is 1. The summed E-state index contributed by atoms with van der Waals surface area (Å²) in [6.45, 7) is 6.59. The second-order valence-corrected chi connectivity index (χ2v) is 3.29. The van der Waals surface area contributed by atoms with Crippen LogP contribution >= 0.6 is 0 Å². The van der Waals surface area contributed by atoms with Gasteiger partial charge in [-0.1, -0.05) is 32.1 Å². The van der Waals surface area contributed by atoms with Gasteiger partial charge in [-0.3, -0.25) is 0 Å². The van der Waals surface area contributed by atoms with Crippen LogP contribution < -0.4 is 5.32 Å². The van der Waals surface area contributed by atoms with Gasteiger partial charge in [-0.15, -0.1) is 0 Å². The number of hydrogen-bond acceptors (Lipinski definition) is 2. The molecule has 0 radical (unpaired) electrons. The minimum absolute atomic E-state index is 0.367. The molecule has 0 fully saturated rings. The molecule has 1 heterocycles. The third kappa shape index (κ3) is 2.24. The number of benzene rings is 1. The minimum Gasteiger partial charge on any atom is -0.478 e. The van der Waals surface area contributed by atoms with Gasteiger partial charge < -0.3 is 10.4 Å². The Hall–Kier alpha value is -1.77. The van der Waals surface area contributed by atoms with E-state index in [1.807, 2.05) is 39.0 Å². The predicted molar refractivity (Wildman–Crippen MR) is 67.0 cm³/mol. The molecule has 2 rings (SSSR count). The van der Waals surface area contributed by atoms with Crippen molar-refractivity contribution in [3.8, 4) is 0 Å². The molecular weight excluding hydrogens is 202 g/mol. The molecule has 1 aromatic carbocycles. The van der Waals surface area contributed by atoms with Crippen molar-refractivity contribution in [1.82, 2.24) is 0 Å². The first-order chi connectivity index (χ1) is 7.70. The summed E-state index contributed by atoms with van der Waals surface area (Å²) in [5, 5.41) is 12.1. The molecule has 0 aromatic heterocycles. The quantitative estimate of drug-likeness (QED) is 0.762. The zero-order valence-corrected chi connectivity index (χ0v) is 9.87. The minimum atomic E-state index is -0.873. The van der Waals surface area contributed by atoms with E-state index >= 15 is 0 Å². The molecule has 16 heavy (non-hydrogen) atoms. The van der Waals surface area contributed by atoms with Gasteiger partial charge in [0.25, 0.3) is 0 Å². The Labute approximate surface area is 95.8 Å². The van der Waals surface area contributed by atoms with Gasteiger partial charge in [0, 0.05) is 12.2 Å². The van der Waals surface area contributed by atoms with Crippen LogP contribution in [0.5, 0.6) is 0 Å². The second-order valence-electron chi connectivity index (χ2n) is 3.29. The Balaban J connectivity index is 0.000000606. The first kappa shape index (κ1) is 12.3. The fraction of sp³-hybridized carbons (Fsp3) is 0.308. The lowest BCUT2D eigenvalue weighted by Gasteiger charge is -2.16. The van der Waals surface area contributed by atoms with Crippen LogP contribution in [0, 0.1) is 6.92 Å². The topological polar surface area (TPSA) is 49.3 Å². The number of carbonyl (C=O) groups is 1. The average Bonchev–Trinajstić information content (AvgIpc) is 2.32. The molecule has 86 valence electrons. The monoisotopic (exact) mass is 219 g/mol. The molecule has 0 aliphatic carbocycles. The van der Waals surface area contributed by atoms with Crippen LogP contribution in [0.25, 0.3) is 6.08 Å². The van der Waals surface area contributed by atoms with E-state index in [0.717, 1.165) is 23.4 Å². The molecule has 0 saturated heterocycles. The Morgan fingerprint density at radius 1 is 1.38 bits per heavy atom. The summed E-state index contributed by atoms with van der Waals surface area (Å²) in [6.07, 6.45) is 4.02. The second kappa shape index (κ2) is 5.35. The Bertz CT molecular complexity index is 422. The fourth-order valence-corrected chi connectivity index (χ4v) is 1.68. The molecule has 1 aliphatic rings. The van der Waals surface area contributed by atoms with E-state index in [1.165, 1.54) is 0 Å². The maximum absolute atomic E-state index is 10.9. The van der Waals surface area contributed by atoms with Gasteiger partial charge in [-0.2, -0.15) is 0 Å². The number of carboxylic acids is 1. The summed E-state index contributed by atoms with van der Waals surface area (Å²) in [7, 11) is 0. The molecular formula is C13H17NO2. The summed E-state index contributed by atoms with van der Waals surface area (Å²) in [4.78, 5) is 10.9. The number of anilines is 1. The summed E-state index contributed by atoms with van der Waals surface area (Å²) in [6, 6.07) is 3.47. The summed E-state index contributed by atoms with van der Waals surface area (Å²) < 4.78 is 0. The van der Waals surface area contributed by atoms with Gasteiger partial charge in [0.1, 0.15) is 0 Å². The van der Waals surface area contributed by atoms with E-state index < -0.39 is 5.97 Å². The van der Waals surface area contributed by atoms with Gasteiger partial charge in [0.15, 0.2) is 0 Å². The predicted octanol–water partition coefficient (Wildman–Crippen LogP) is 3.16. The van der Waals surface area contributed by atoms with Crippen molar-refractivity contribution < 1.29 is 9.90 Å². The van der Waals surface area contributed by atoms with Crippen molar-refractivity contribution in [3.05, 3.63) is 34.9 Å². The van der Waals surface area contributed by atoms with Crippen molar-refractivity contribution in [2.45, 2.75) is 20.8 Å². The highest BCUT2D eigenvalue weighted by Crippen LogP contribution is 2.27. The third-order valence-electron chi connectivity index (χ3n) is 2.42. The molecule has 2 N–H and O–H groups in total. The zero-order chi connectivity index (χ0) is 12.1. The number of carboxylic acid groups (broad SMARTS) is 1. The molecule has 3 nitrogen and oxygen atoms in total. The Morgan fingerprint density at radius 2 is 2.06 bits per heavy atom. The molecule has 0 amide bonds. The SMILES string of the molecule is CC.Cc1c(C(=O)O)ccc2c1NCC=C2. The number of rotatable bonds is 1. The highest BCUT2D eigenvalue weighted by Gasteiger charge is 2.13. The normalized spacial score (nSPS) is 11.9. The number of nitrogens with one attached hydrogen (secondary N) is 1. The van der Waals surface area contributed by atoms with E-state index in [2.05, 4.69) is 5.32 Å². The first-order valence-corrected chi connectivity index (χ1v) is 5.47. The van der Waals surface area contributed by atoms with Crippen LogP contribution in [0.4, 0.5) is 5.69 Å². The maximum atomic E-state index is 10.9. The van der Waals surface area contributed by atoms with Crippen molar-refractivity contribution in [1.29, 1.82) is 0 Å². The van der Waals surface area contributed by atoms with Crippen LogP contribution in [-0.2, 0) is 0 Å². The lowest BCUT2D eigenvalue weighted by molar-refractivity contribution is 0.0696. The molecule has 0 unspecified atom stereocenters. The average molecular weight is 219 g/mol. The van der Waals surface area contributed by atoms with E-state index in [9.17, 15) is 4.79 Å². The Morgan fingerprint density at radius 3 is 2.69 bits per heavy atom. The molecule has 0 atom stereocenters. The smallest absolute Gasteiger partial charge is 0.336 e. The highest BCUT2D eigenvalue weighted by molar-refractivity contribution is 5.93. The van der Waals surface area contributed by atoms with E-state index in [1.54, 1.807) is 6.07 Å². The highest BCUT2D eigenvalue weighted by atomic mass is 16.4. The van der Waals surface area contributed by atoms with E-state index in [-0.39, 0.29) is 0 Å². The summed E-state index contributed by atoms with van der Waals surface area (Å²) >= 11 is 0. The summed E-state index contributed by atoms with van der Waals surface area (Å²) in [5.41, 5.74) is 3.16. The molecule has 3 heteroatoms. The maximum Gasteiger partial charge on any atom is 0.336 e. The van der Waals surface area contributed by atoms with Crippen LogP contribution in [0.3, 0.4) is 0 Å². The van der Waals surface area contributed by atoms with Crippen LogP contribution in [0.1, 0.15) is 35.3 Å². The van der Waals surface area contributed by atoms with Gasteiger partial charge in [0.05, 0.1) is 5.56 Å². The van der Waals surface area contributed by atoms with E-state index in [0.29, 0.717) is 5.56 Å². The molecule has 0 bridgehead atoms. The van der Waals surface area contributed by atoms with Crippen LogP contribution in [0.15, 0.2) is 18.2 Å².